The summed E-state index contributed by atoms with van der Waals surface area (Å²) in [4.78, 5) is 25.6. The quantitative estimate of drug-likeness (QED) is 0.365. The molecule has 0 spiro atoms. The molecule has 1 saturated carbocycles. The van der Waals surface area contributed by atoms with Gasteiger partial charge in [0.05, 0.1) is 33.1 Å². The highest BCUT2D eigenvalue weighted by molar-refractivity contribution is 7.89. The zero-order valence-corrected chi connectivity index (χ0v) is 24.5. The first kappa shape index (κ1) is 28.4. The van der Waals surface area contributed by atoms with Crippen molar-refractivity contribution in [3.05, 3.63) is 70.8 Å². The van der Waals surface area contributed by atoms with Gasteiger partial charge < -0.3 is 16.4 Å². The number of nitrogens with zero attached hydrogens (tertiary/aromatic N) is 3. The zero-order chi connectivity index (χ0) is 29.8. The summed E-state index contributed by atoms with van der Waals surface area (Å²) < 4.78 is 42.6. The fourth-order valence-electron chi connectivity index (χ4n) is 5.93. The Balaban J connectivity index is 1.26. The molecule has 2 aliphatic heterocycles. The van der Waals surface area contributed by atoms with Crippen LogP contribution in [0.4, 0.5) is 10.1 Å². The van der Waals surface area contributed by atoms with E-state index in [1.54, 1.807) is 12.1 Å². The van der Waals surface area contributed by atoms with Gasteiger partial charge in [-0.1, -0.05) is 0 Å². The molecule has 0 bridgehead atoms. The minimum atomic E-state index is -3.74. The Morgan fingerprint density at radius 1 is 1.12 bits per heavy atom. The first-order chi connectivity index (χ1) is 19.9. The van der Waals surface area contributed by atoms with Crippen molar-refractivity contribution in [2.75, 3.05) is 18.4 Å². The number of benzene rings is 2. The number of aromatic nitrogens is 2. The predicted molar refractivity (Wildman–Crippen MR) is 156 cm³/mol. The molecule has 2 fully saturated rings. The van der Waals surface area contributed by atoms with Crippen molar-refractivity contribution in [2.45, 2.75) is 68.8 Å². The van der Waals surface area contributed by atoms with Gasteiger partial charge in [-0.3, -0.25) is 9.59 Å². The van der Waals surface area contributed by atoms with Crippen molar-refractivity contribution in [3.63, 3.8) is 0 Å². The smallest absolute Gasteiger partial charge is 0.255 e. The maximum atomic E-state index is 13.3. The highest BCUT2D eigenvalue weighted by atomic mass is 32.2. The number of nitrogens with two attached hydrogens (primary N) is 1. The lowest BCUT2D eigenvalue weighted by Crippen LogP contribution is -2.49. The van der Waals surface area contributed by atoms with E-state index in [0.29, 0.717) is 47.7 Å². The van der Waals surface area contributed by atoms with Crippen LogP contribution < -0.4 is 16.4 Å². The van der Waals surface area contributed by atoms with E-state index in [0.717, 1.165) is 42.8 Å². The average Bonchev–Trinajstić information content (AvgIpc) is 3.67. The van der Waals surface area contributed by atoms with Gasteiger partial charge in [0.1, 0.15) is 5.82 Å². The number of amides is 2. The summed E-state index contributed by atoms with van der Waals surface area (Å²) in [6, 6.07) is 9.99. The van der Waals surface area contributed by atoms with E-state index in [2.05, 4.69) is 10.6 Å². The lowest BCUT2D eigenvalue weighted by Gasteiger charge is -2.32. The Labute approximate surface area is 244 Å². The molecule has 0 radical (unpaired) electrons. The number of fused-ring (bicyclic) bond motifs is 1. The van der Waals surface area contributed by atoms with E-state index in [4.69, 9.17) is 10.8 Å². The third kappa shape index (κ3) is 5.52. The second-order valence-electron chi connectivity index (χ2n) is 12.2. The fourth-order valence-corrected chi connectivity index (χ4v) is 7.40. The van der Waals surface area contributed by atoms with Gasteiger partial charge in [-0.25, -0.2) is 17.5 Å². The van der Waals surface area contributed by atoms with Crippen LogP contribution >= 0.6 is 0 Å². The number of primary amides is 1. The van der Waals surface area contributed by atoms with Crippen LogP contribution in [-0.4, -0.2) is 59.0 Å². The molecule has 1 aliphatic carbocycles. The van der Waals surface area contributed by atoms with Crippen LogP contribution in [0.25, 0.3) is 5.69 Å². The van der Waals surface area contributed by atoms with Gasteiger partial charge in [0.25, 0.3) is 11.8 Å². The van der Waals surface area contributed by atoms with Crippen LogP contribution in [0.1, 0.15) is 71.6 Å². The van der Waals surface area contributed by atoms with Gasteiger partial charge in [-0.05, 0) is 94.3 Å². The van der Waals surface area contributed by atoms with Gasteiger partial charge in [-0.2, -0.15) is 9.40 Å². The monoisotopic (exact) mass is 594 g/mol. The molecule has 10 nitrogen and oxygen atoms in total. The minimum absolute atomic E-state index is 0.0551. The van der Waals surface area contributed by atoms with Gasteiger partial charge in [-0.15, -0.1) is 0 Å². The molecule has 1 aromatic heterocycles. The average molecular weight is 595 g/mol. The second kappa shape index (κ2) is 10.5. The number of carbonyl (C=O) groups is 2. The molecule has 3 heterocycles. The molecule has 2 aromatic carbocycles. The molecule has 1 saturated heterocycles. The van der Waals surface area contributed by atoms with E-state index in [9.17, 15) is 22.4 Å². The number of hydrogen-bond acceptors (Lipinski definition) is 6. The molecular weight excluding hydrogens is 559 g/mol. The molecule has 6 rings (SSSR count). The third-order valence-electron chi connectivity index (χ3n) is 8.30. The summed E-state index contributed by atoms with van der Waals surface area (Å²) >= 11 is 0. The van der Waals surface area contributed by atoms with Crippen LogP contribution in [-0.2, 0) is 22.9 Å². The lowest BCUT2D eigenvalue weighted by molar-refractivity contribution is 0.0894. The Kier molecular flexibility index (Phi) is 7.09. The number of nitrogens with one attached hydrogen (secondary N) is 2. The number of halogens is 1. The molecule has 4 N–H and O–H groups in total. The molecular formula is C30H35FN6O4S. The largest absolute Gasteiger partial charge is 0.382 e. The van der Waals surface area contributed by atoms with Crippen molar-refractivity contribution < 1.29 is 22.4 Å². The SMILES string of the molecule is CC1(C)Cc2c(c(CC3CC3)nn2-c2ccc(C(N)=O)c(NC3CCN(S(=O)(=O)c4ccc(F)cc4)CC3)c2)C(=O)N1. The molecule has 2 amide bonds. The van der Waals surface area contributed by atoms with E-state index in [-0.39, 0.29) is 29.9 Å². The van der Waals surface area contributed by atoms with Gasteiger partial charge >= 0.3 is 0 Å². The van der Waals surface area contributed by atoms with Crippen molar-refractivity contribution >= 4 is 27.5 Å². The fraction of sp³-hybridized carbons (Fsp3) is 0.433. The molecule has 0 atom stereocenters. The maximum absolute atomic E-state index is 13.3. The van der Waals surface area contributed by atoms with E-state index >= 15 is 0 Å². The van der Waals surface area contributed by atoms with E-state index < -0.39 is 27.3 Å². The van der Waals surface area contributed by atoms with Crippen LogP contribution in [0.2, 0.25) is 0 Å². The van der Waals surface area contributed by atoms with E-state index in [1.807, 2.05) is 24.6 Å². The van der Waals surface area contributed by atoms with Gasteiger partial charge in [0.15, 0.2) is 0 Å². The lowest BCUT2D eigenvalue weighted by atomic mass is 9.90. The third-order valence-corrected chi connectivity index (χ3v) is 10.2. The highest BCUT2D eigenvalue weighted by Gasteiger charge is 2.38. The van der Waals surface area contributed by atoms with Crippen molar-refractivity contribution in [1.29, 1.82) is 0 Å². The number of piperidine rings is 1. The molecule has 42 heavy (non-hydrogen) atoms. The summed E-state index contributed by atoms with van der Waals surface area (Å²) in [6.07, 6.45) is 4.64. The normalized spacial score (nSPS) is 19.3. The van der Waals surface area contributed by atoms with Crippen molar-refractivity contribution in [1.82, 2.24) is 19.4 Å². The summed E-state index contributed by atoms with van der Waals surface area (Å²) in [5.41, 5.74) is 9.13. The topological polar surface area (TPSA) is 139 Å². The summed E-state index contributed by atoms with van der Waals surface area (Å²) in [5, 5.41) is 11.4. The Morgan fingerprint density at radius 2 is 1.81 bits per heavy atom. The second-order valence-corrected chi connectivity index (χ2v) is 14.2. The molecule has 3 aliphatic rings. The first-order valence-electron chi connectivity index (χ1n) is 14.3. The van der Waals surface area contributed by atoms with Crippen LogP contribution in [0.3, 0.4) is 0 Å². The number of carbonyl (C=O) groups excluding carboxylic acids is 2. The molecule has 3 aromatic rings. The summed E-state index contributed by atoms with van der Waals surface area (Å²) in [5.74, 6) is -0.645. The number of anilines is 1. The summed E-state index contributed by atoms with van der Waals surface area (Å²) in [6.45, 7) is 4.50. The molecule has 12 heteroatoms. The van der Waals surface area contributed by atoms with Gasteiger partial charge in [0.2, 0.25) is 10.0 Å². The summed E-state index contributed by atoms with van der Waals surface area (Å²) in [7, 11) is -3.74. The van der Waals surface area contributed by atoms with Crippen LogP contribution in [0, 0.1) is 11.7 Å². The number of hydrogen-bond donors (Lipinski definition) is 3. The Hall–Kier alpha value is -3.77. The zero-order valence-electron chi connectivity index (χ0n) is 23.7. The molecule has 222 valence electrons. The number of rotatable bonds is 8. The van der Waals surface area contributed by atoms with Crippen molar-refractivity contribution in [3.8, 4) is 5.69 Å². The molecule has 0 unspecified atom stereocenters. The van der Waals surface area contributed by atoms with Crippen LogP contribution in [0.15, 0.2) is 47.4 Å². The van der Waals surface area contributed by atoms with Crippen LogP contribution in [0.5, 0.6) is 0 Å². The van der Waals surface area contributed by atoms with Gasteiger partial charge in [0, 0.05) is 36.8 Å². The first-order valence-corrected chi connectivity index (χ1v) is 15.7. The maximum Gasteiger partial charge on any atom is 0.255 e. The van der Waals surface area contributed by atoms with E-state index in [1.165, 1.54) is 16.4 Å². The Bertz CT molecular complexity index is 1660. The highest BCUT2D eigenvalue weighted by Crippen LogP contribution is 2.36. The predicted octanol–water partition coefficient (Wildman–Crippen LogP) is 3.39. The van der Waals surface area contributed by atoms with Crippen molar-refractivity contribution in [2.24, 2.45) is 11.7 Å². The standard InChI is InChI=1S/C30H35FN6O4S/c1-30(2)17-26-27(29(39)34-30)25(15-18-3-4-18)35-37(26)21-7-10-23(28(32)38)24(16-21)33-20-11-13-36(14-12-20)42(40,41)22-8-5-19(31)6-9-22/h5-10,16,18,20,33H,3-4,11-15,17H2,1-2H3,(H2,32,38)(H,34,39). The Morgan fingerprint density at radius 3 is 2.45 bits per heavy atom. The number of sulfonamides is 1. The minimum Gasteiger partial charge on any atom is -0.382 e.